The van der Waals surface area contributed by atoms with E-state index in [0.717, 1.165) is 5.56 Å². The average molecular weight is 342 g/mol. The lowest BCUT2D eigenvalue weighted by Gasteiger charge is -2.07. The van der Waals surface area contributed by atoms with Crippen molar-refractivity contribution >= 4 is 44.8 Å². The normalized spacial score (nSPS) is 12.4. The molecule has 0 radical (unpaired) electrons. The summed E-state index contributed by atoms with van der Waals surface area (Å²) in [6, 6.07) is 13.7. The molecular weight excluding hydrogens is 329 g/mol. The number of nitrogens with two attached hydrogens (primary N) is 1. The predicted octanol–water partition coefficient (Wildman–Crippen LogP) is 4.07. The third-order valence-corrected chi connectivity index (χ3v) is 5.28. The van der Waals surface area contributed by atoms with Crippen LogP contribution in [0.1, 0.15) is 11.1 Å². The maximum atomic E-state index is 12.3. The second-order valence-corrected chi connectivity index (χ2v) is 7.49. The van der Waals surface area contributed by atoms with Crippen LogP contribution in [0.5, 0.6) is 0 Å². The Balaban J connectivity index is 2.28. The summed E-state index contributed by atoms with van der Waals surface area (Å²) < 4.78 is 24.3. The lowest BCUT2D eigenvalue weighted by Crippen LogP contribution is -2.06. The molecule has 0 aliphatic rings. The first kappa shape index (κ1) is 15.9. The molecule has 0 aliphatic carbocycles. The van der Waals surface area contributed by atoms with Gasteiger partial charge in [-0.3, -0.25) is 0 Å². The van der Waals surface area contributed by atoms with E-state index in [1.165, 1.54) is 12.1 Å². The highest BCUT2D eigenvalue weighted by molar-refractivity contribution is 7.96. The molecule has 0 amide bonds. The van der Waals surface area contributed by atoms with Gasteiger partial charge in [-0.2, -0.15) is 0 Å². The van der Waals surface area contributed by atoms with Crippen LogP contribution in [0.25, 0.3) is 6.08 Å². The van der Waals surface area contributed by atoms with Crippen molar-refractivity contribution in [2.75, 3.05) is 5.73 Å². The molecule has 0 unspecified atom stereocenters. The number of benzene rings is 2. The van der Waals surface area contributed by atoms with Crippen molar-refractivity contribution in [2.24, 2.45) is 0 Å². The molecule has 0 spiro atoms. The van der Waals surface area contributed by atoms with Gasteiger partial charge in [-0.15, -0.1) is 0 Å². The maximum Gasteiger partial charge on any atom is 0.193 e. The summed E-state index contributed by atoms with van der Waals surface area (Å²) in [5.41, 5.74) is 7.29. The Bertz CT molecular complexity index is 772. The topological polar surface area (TPSA) is 60.2 Å². The minimum absolute atomic E-state index is 0.219. The van der Waals surface area contributed by atoms with Crippen LogP contribution >= 0.6 is 23.2 Å². The summed E-state index contributed by atoms with van der Waals surface area (Å²) in [4.78, 5) is 0. The molecule has 0 aromatic heterocycles. The average Bonchev–Trinajstić information content (AvgIpc) is 2.43. The van der Waals surface area contributed by atoms with E-state index in [-0.39, 0.29) is 10.1 Å². The van der Waals surface area contributed by atoms with Gasteiger partial charge < -0.3 is 5.73 Å². The fraction of sp³-hybridized carbons (Fsp3) is 0.0667. The third kappa shape index (κ3) is 4.24. The van der Waals surface area contributed by atoms with E-state index in [2.05, 4.69) is 0 Å². The molecule has 110 valence electrons. The van der Waals surface area contributed by atoms with Crippen molar-refractivity contribution in [3.05, 3.63) is 69.0 Å². The quantitative estimate of drug-likeness (QED) is 0.852. The molecule has 0 aliphatic heterocycles. The molecule has 21 heavy (non-hydrogen) atoms. The van der Waals surface area contributed by atoms with E-state index < -0.39 is 9.84 Å². The van der Waals surface area contributed by atoms with Crippen molar-refractivity contribution in [3.63, 3.8) is 0 Å². The van der Waals surface area contributed by atoms with E-state index in [1.54, 1.807) is 36.4 Å². The number of hydrogen-bond donors (Lipinski definition) is 1. The van der Waals surface area contributed by atoms with Crippen LogP contribution in [-0.4, -0.2) is 8.42 Å². The molecule has 2 rings (SSSR count). The fourth-order valence-electron chi connectivity index (χ4n) is 1.74. The van der Waals surface area contributed by atoms with Gasteiger partial charge >= 0.3 is 0 Å². The Morgan fingerprint density at radius 3 is 2.43 bits per heavy atom. The van der Waals surface area contributed by atoms with E-state index in [0.29, 0.717) is 16.3 Å². The van der Waals surface area contributed by atoms with Crippen molar-refractivity contribution in [1.29, 1.82) is 0 Å². The Labute approximate surface area is 133 Å². The van der Waals surface area contributed by atoms with Crippen LogP contribution in [0, 0.1) is 0 Å². The molecule has 0 saturated carbocycles. The smallest absolute Gasteiger partial charge is 0.193 e. The second kappa shape index (κ2) is 6.52. The van der Waals surface area contributed by atoms with Gasteiger partial charge in [-0.05, 0) is 29.3 Å². The number of anilines is 1. The van der Waals surface area contributed by atoms with E-state index in [9.17, 15) is 8.42 Å². The summed E-state index contributed by atoms with van der Waals surface area (Å²) in [5, 5.41) is 0.458. The predicted molar refractivity (Wildman–Crippen MR) is 88.8 cm³/mol. The largest absolute Gasteiger partial charge is 0.398 e. The maximum absolute atomic E-state index is 12.3. The Kier molecular flexibility index (Phi) is 4.93. The zero-order valence-corrected chi connectivity index (χ0v) is 13.3. The molecule has 6 heteroatoms. The molecule has 2 aromatic rings. The van der Waals surface area contributed by atoms with Gasteiger partial charge in [-0.25, -0.2) is 8.42 Å². The van der Waals surface area contributed by atoms with Crippen LogP contribution in [0.4, 0.5) is 5.69 Å². The van der Waals surface area contributed by atoms with Crippen molar-refractivity contribution in [3.8, 4) is 0 Å². The van der Waals surface area contributed by atoms with Crippen LogP contribution in [0.3, 0.4) is 0 Å². The molecule has 0 bridgehead atoms. The van der Waals surface area contributed by atoms with Crippen molar-refractivity contribution in [2.45, 2.75) is 5.75 Å². The second-order valence-electron chi connectivity index (χ2n) is 4.46. The lowest BCUT2D eigenvalue weighted by atomic mass is 10.2. The first-order valence-corrected chi connectivity index (χ1v) is 8.48. The van der Waals surface area contributed by atoms with Gasteiger partial charge in [0.25, 0.3) is 0 Å². The molecule has 0 atom stereocenters. The molecule has 0 saturated heterocycles. The van der Waals surface area contributed by atoms with Gasteiger partial charge in [0.1, 0.15) is 4.36 Å². The van der Waals surface area contributed by atoms with Crippen molar-refractivity contribution in [1.82, 2.24) is 0 Å². The number of sulfone groups is 1. The van der Waals surface area contributed by atoms with Gasteiger partial charge in [0, 0.05) is 10.7 Å². The number of nitrogen functional groups attached to an aromatic ring is 1. The first-order valence-electron chi connectivity index (χ1n) is 6.07. The van der Waals surface area contributed by atoms with Crippen LogP contribution in [-0.2, 0) is 15.6 Å². The SMILES string of the molecule is Nc1cc(Cl)ccc1CS(=O)(=O)C(Cl)=Cc1ccccc1. The van der Waals surface area contributed by atoms with Crippen LogP contribution < -0.4 is 5.73 Å². The molecule has 2 aromatic carbocycles. The molecule has 0 heterocycles. The van der Waals surface area contributed by atoms with Crippen LogP contribution in [0.15, 0.2) is 52.9 Å². The minimum Gasteiger partial charge on any atom is -0.398 e. The number of rotatable bonds is 4. The number of hydrogen-bond acceptors (Lipinski definition) is 3. The molecule has 0 fully saturated rings. The van der Waals surface area contributed by atoms with Gasteiger partial charge in [0.2, 0.25) is 0 Å². The van der Waals surface area contributed by atoms with Gasteiger partial charge in [-0.1, -0.05) is 59.6 Å². The van der Waals surface area contributed by atoms with E-state index >= 15 is 0 Å². The zero-order chi connectivity index (χ0) is 15.5. The van der Waals surface area contributed by atoms with E-state index in [1.807, 2.05) is 6.07 Å². The Morgan fingerprint density at radius 1 is 1.14 bits per heavy atom. The van der Waals surface area contributed by atoms with Crippen molar-refractivity contribution < 1.29 is 8.42 Å². The fourth-order valence-corrected chi connectivity index (χ4v) is 3.34. The van der Waals surface area contributed by atoms with Gasteiger partial charge in [0.15, 0.2) is 9.84 Å². The Hall–Kier alpha value is -1.49. The number of halogens is 2. The summed E-state index contributed by atoms with van der Waals surface area (Å²) in [5.74, 6) is -0.266. The minimum atomic E-state index is -3.64. The lowest BCUT2D eigenvalue weighted by molar-refractivity contribution is 0.603. The highest BCUT2D eigenvalue weighted by atomic mass is 35.5. The molecule has 3 nitrogen and oxygen atoms in total. The summed E-state index contributed by atoms with van der Waals surface area (Å²) in [7, 11) is -3.64. The summed E-state index contributed by atoms with van der Waals surface area (Å²) in [6.07, 6.45) is 1.42. The highest BCUT2D eigenvalue weighted by Gasteiger charge is 2.18. The third-order valence-electron chi connectivity index (χ3n) is 2.83. The van der Waals surface area contributed by atoms with Gasteiger partial charge in [0.05, 0.1) is 5.75 Å². The highest BCUT2D eigenvalue weighted by Crippen LogP contribution is 2.25. The summed E-state index contributed by atoms with van der Waals surface area (Å²) >= 11 is 11.7. The van der Waals surface area contributed by atoms with E-state index in [4.69, 9.17) is 28.9 Å². The molecule has 2 N–H and O–H groups in total. The van der Waals surface area contributed by atoms with Crippen LogP contribution in [0.2, 0.25) is 5.02 Å². The zero-order valence-electron chi connectivity index (χ0n) is 11.0. The molecular formula is C15H13Cl2NO2S. The Morgan fingerprint density at radius 2 is 1.81 bits per heavy atom. The monoisotopic (exact) mass is 341 g/mol. The standard InChI is InChI=1S/C15H13Cl2NO2S/c16-13-7-6-12(14(18)9-13)10-21(19,20)15(17)8-11-4-2-1-3-5-11/h1-9H,10,18H2. The first-order chi connectivity index (χ1) is 9.88. The summed E-state index contributed by atoms with van der Waals surface area (Å²) in [6.45, 7) is 0.